The molecule has 1 fully saturated rings. The van der Waals surface area contributed by atoms with E-state index in [0.29, 0.717) is 11.5 Å². The zero-order chi connectivity index (χ0) is 15.4. The quantitative estimate of drug-likeness (QED) is 0.862. The molecule has 1 amide bonds. The first-order valence-corrected chi connectivity index (χ1v) is 8.87. The molecular formula is C16H21N3O2S. The van der Waals surface area contributed by atoms with Crippen LogP contribution in [0.15, 0.2) is 22.6 Å². The molecule has 2 aromatic heterocycles. The van der Waals surface area contributed by atoms with E-state index < -0.39 is 0 Å². The first-order chi connectivity index (χ1) is 10.8. The van der Waals surface area contributed by atoms with Crippen molar-refractivity contribution in [3.05, 3.63) is 33.7 Å². The second-order valence-corrected chi connectivity index (χ2v) is 6.81. The van der Waals surface area contributed by atoms with Crippen molar-refractivity contribution in [2.45, 2.75) is 44.9 Å². The van der Waals surface area contributed by atoms with Crippen LogP contribution in [0.1, 0.15) is 55.3 Å². The standard InChI is InChI=1S/C16H21N3O2S/c20-14(17-8-4-7-12-5-2-1-3-6-12)13-11-18-16-19(15(13)21)9-10-22-16/h9-12H,1-8H2,(H,17,20). The van der Waals surface area contributed by atoms with E-state index in [-0.39, 0.29) is 17.0 Å². The van der Waals surface area contributed by atoms with Crippen molar-refractivity contribution < 1.29 is 4.79 Å². The van der Waals surface area contributed by atoms with Crippen LogP contribution in [0.5, 0.6) is 0 Å². The number of nitrogens with zero attached hydrogens (tertiary/aromatic N) is 2. The molecule has 0 radical (unpaired) electrons. The largest absolute Gasteiger partial charge is 0.352 e. The van der Waals surface area contributed by atoms with Crippen LogP contribution in [-0.2, 0) is 0 Å². The Morgan fingerprint density at radius 3 is 3.00 bits per heavy atom. The van der Waals surface area contributed by atoms with Crippen molar-refractivity contribution in [2.75, 3.05) is 6.54 Å². The van der Waals surface area contributed by atoms with Crippen LogP contribution in [0.3, 0.4) is 0 Å². The van der Waals surface area contributed by atoms with E-state index in [1.165, 1.54) is 60.5 Å². The minimum Gasteiger partial charge on any atom is -0.352 e. The van der Waals surface area contributed by atoms with E-state index in [1.54, 1.807) is 11.6 Å². The molecule has 1 aliphatic rings. The van der Waals surface area contributed by atoms with Gasteiger partial charge in [-0.3, -0.25) is 14.0 Å². The minimum atomic E-state index is -0.318. The topological polar surface area (TPSA) is 63.5 Å². The maximum atomic E-state index is 12.2. The number of nitrogens with one attached hydrogen (secondary N) is 1. The summed E-state index contributed by atoms with van der Waals surface area (Å²) >= 11 is 1.38. The van der Waals surface area contributed by atoms with Crippen LogP contribution in [0, 0.1) is 5.92 Å². The molecule has 1 aliphatic carbocycles. The molecule has 5 nitrogen and oxygen atoms in total. The summed E-state index contributed by atoms with van der Waals surface area (Å²) < 4.78 is 1.42. The van der Waals surface area contributed by atoms with Gasteiger partial charge in [-0.1, -0.05) is 32.1 Å². The fourth-order valence-electron chi connectivity index (χ4n) is 3.14. The highest BCUT2D eigenvalue weighted by atomic mass is 32.1. The fraction of sp³-hybridized carbons (Fsp3) is 0.562. The Balaban J connectivity index is 1.52. The summed E-state index contributed by atoms with van der Waals surface area (Å²) in [5.74, 6) is 0.502. The van der Waals surface area contributed by atoms with Gasteiger partial charge in [0.2, 0.25) is 0 Å². The van der Waals surface area contributed by atoms with Gasteiger partial charge in [-0.05, 0) is 18.8 Å². The average Bonchev–Trinajstić information content (AvgIpc) is 3.02. The van der Waals surface area contributed by atoms with Crippen LogP contribution < -0.4 is 10.9 Å². The third-order valence-electron chi connectivity index (χ3n) is 4.39. The summed E-state index contributed by atoms with van der Waals surface area (Å²) in [6.07, 6.45) is 11.9. The highest BCUT2D eigenvalue weighted by molar-refractivity contribution is 7.15. The molecular weight excluding hydrogens is 298 g/mol. The first kappa shape index (κ1) is 15.2. The lowest BCUT2D eigenvalue weighted by molar-refractivity contribution is 0.0950. The van der Waals surface area contributed by atoms with E-state index in [4.69, 9.17) is 0 Å². The average molecular weight is 319 g/mol. The Morgan fingerprint density at radius 2 is 2.18 bits per heavy atom. The number of aromatic nitrogens is 2. The fourth-order valence-corrected chi connectivity index (χ4v) is 3.82. The molecule has 0 spiro atoms. The summed E-state index contributed by atoms with van der Waals surface area (Å²) in [6, 6.07) is 0. The lowest BCUT2D eigenvalue weighted by Crippen LogP contribution is -2.31. The van der Waals surface area contributed by atoms with Gasteiger partial charge in [0.15, 0.2) is 4.96 Å². The van der Waals surface area contributed by atoms with Crippen LogP contribution in [0.4, 0.5) is 0 Å². The maximum Gasteiger partial charge on any atom is 0.271 e. The van der Waals surface area contributed by atoms with E-state index in [9.17, 15) is 9.59 Å². The monoisotopic (exact) mass is 319 g/mol. The molecule has 0 saturated heterocycles. The molecule has 22 heavy (non-hydrogen) atoms. The summed E-state index contributed by atoms with van der Waals surface area (Å²) in [7, 11) is 0. The minimum absolute atomic E-state index is 0.119. The predicted octanol–water partition coefficient (Wildman–Crippen LogP) is 2.85. The molecule has 6 heteroatoms. The lowest BCUT2D eigenvalue weighted by atomic mass is 9.86. The smallest absolute Gasteiger partial charge is 0.271 e. The van der Waals surface area contributed by atoms with Crippen LogP contribution >= 0.6 is 11.3 Å². The van der Waals surface area contributed by atoms with Gasteiger partial charge in [-0.15, -0.1) is 11.3 Å². The number of hydrogen-bond acceptors (Lipinski definition) is 4. The Labute approximate surface area is 133 Å². The molecule has 0 atom stereocenters. The van der Waals surface area contributed by atoms with Gasteiger partial charge < -0.3 is 5.32 Å². The van der Waals surface area contributed by atoms with Crippen molar-refractivity contribution in [2.24, 2.45) is 5.92 Å². The molecule has 118 valence electrons. The molecule has 2 aromatic rings. The number of hydrogen-bond donors (Lipinski definition) is 1. The Hall–Kier alpha value is -1.69. The van der Waals surface area contributed by atoms with Crippen molar-refractivity contribution in [3.8, 4) is 0 Å². The maximum absolute atomic E-state index is 12.2. The number of carbonyl (C=O) groups excluding carboxylic acids is 1. The molecule has 3 rings (SSSR count). The van der Waals surface area contributed by atoms with Gasteiger partial charge in [0, 0.05) is 24.3 Å². The highest BCUT2D eigenvalue weighted by Crippen LogP contribution is 2.26. The molecule has 1 saturated carbocycles. The van der Waals surface area contributed by atoms with Crippen LogP contribution in [0.25, 0.3) is 4.96 Å². The molecule has 0 aliphatic heterocycles. The number of rotatable bonds is 5. The molecule has 0 aromatic carbocycles. The number of thiazole rings is 1. The number of amides is 1. The third-order valence-corrected chi connectivity index (χ3v) is 5.16. The van der Waals surface area contributed by atoms with Gasteiger partial charge in [0.1, 0.15) is 5.56 Å². The highest BCUT2D eigenvalue weighted by Gasteiger charge is 2.15. The van der Waals surface area contributed by atoms with Crippen LogP contribution in [0.2, 0.25) is 0 Å². The number of carbonyl (C=O) groups is 1. The Bertz CT molecular complexity index is 701. The molecule has 2 heterocycles. The number of fused-ring (bicyclic) bond motifs is 1. The van der Waals surface area contributed by atoms with Gasteiger partial charge in [-0.25, -0.2) is 4.98 Å². The van der Waals surface area contributed by atoms with E-state index in [0.717, 1.165) is 12.3 Å². The Kier molecular flexibility index (Phi) is 4.87. The summed E-state index contributed by atoms with van der Waals surface area (Å²) in [4.78, 5) is 29.1. The predicted molar refractivity (Wildman–Crippen MR) is 87.5 cm³/mol. The van der Waals surface area contributed by atoms with Gasteiger partial charge in [0.25, 0.3) is 11.5 Å². The summed E-state index contributed by atoms with van der Waals surface area (Å²) in [5, 5.41) is 4.63. The van der Waals surface area contributed by atoms with E-state index in [2.05, 4.69) is 10.3 Å². The van der Waals surface area contributed by atoms with Gasteiger partial charge >= 0.3 is 0 Å². The normalized spacial score (nSPS) is 16.0. The summed E-state index contributed by atoms with van der Waals surface area (Å²) in [6.45, 7) is 0.626. The zero-order valence-corrected chi connectivity index (χ0v) is 13.4. The van der Waals surface area contributed by atoms with Crippen molar-refractivity contribution >= 4 is 22.2 Å². The van der Waals surface area contributed by atoms with E-state index >= 15 is 0 Å². The molecule has 0 bridgehead atoms. The Morgan fingerprint density at radius 1 is 1.36 bits per heavy atom. The molecule has 1 N–H and O–H groups in total. The van der Waals surface area contributed by atoms with Gasteiger partial charge in [-0.2, -0.15) is 0 Å². The van der Waals surface area contributed by atoms with Crippen molar-refractivity contribution in [1.29, 1.82) is 0 Å². The van der Waals surface area contributed by atoms with Crippen molar-refractivity contribution in [3.63, 3.8) is 0 Å². The van der Waals surface area contributed by atoms with Gasteiger partial charge in [0.05, 0.1) is 0 Å². The first-order valence-electron chi connectivity index (χ1n) is 7.99. The summed E-state index contributed by atoms with van der Waals surface area (Å²) in [5.41, 5.74) is -0.176. The SMILES string of the molecule is O=C(NCCCC1CCCCC1)c1cnc2sccn2c1=O. The second-order valence-electron chi connectivity index (χ2n) is 5.93. The van der Waals surface area contributed by atoms with Crippen molar-refractivity contribution in [1.82, 2.24) is 14.7 Å². The zero-order valence-electron chi connectivity index (χ0n) is 12.6. The third kappa shape index (κ3) is 3.38. The lowest BCUT2D eigenvalue weighted by Gasteiger charge is -2.21. The molecule has 0 unspecified atom stereocenters. The van der Waals surface area contributed by atoms with E-state index in [1.807, 2.05) is 0 Å². The van der Waals surface area contributed by atoms with Crippen LogP contribution in [-0.4, -0.2) is 21.8 Å². The second kappa shape index (κ2) is 7.05.